The van der Waals surface area contributed by atoms with Gasteiger partial charge in [-0.25, -0.2) is 4.39 Å². The molecular weight excluding hydrogens is 253 g/mol. The van der Waals surface area contributed by atoms with E-state index >= 15 is 0 Å². The summed E-state index contributed by atoms with van der Waals surface area (Å²) in [6.45, 7) is 5.29. The second kappa shape index (κ2) is 4.79. The van der Waals surface area contributed by atoms with Crippen LogP contribution in [0.3, 0.4) is 0 Å². The summed E-state index contributed by atoms with van der Waals surface area (Å²) in [5.41, 5.74) is 1.94. The molecule has 0 bridgehead atoms. The fourth-order valence-corrected chi connectivity index (χ4v) is 3.67. The molecule has 2 atom stereocenters. The van der Waals surface area contributed by atoms with Crippen molar-refractivity contribution in [3.63, 3.8) is 0 Å². The molecule has 2 saturated heterocycles. The number of benzene rings is 1. The van der Waals surface area contributed by atoms with E-state index in [1.807, 2.05) is 12.1 Å². The molecule has 3 nitrogen and oxygen atoms in total. The van der Waals surface area contributed by atoms with E-state index in [0.717, 1.165) is 61.0 Å². The van der Waals surface area contributed by atoms with E-state index in [-0.39, 0.29) is 5.82 Å². The van der Waals surface area contributed by atoms with Gasteiger partial charge in [0.1, 0.15) is 5.82 Å². The molecule has 1 aromatic heterocycles. The first-order valence-electron chi connectivity index (χ1n) is 7.26. The minimum Gasteiger partial charge on any atom is -0.316 e. The summed E-state index contributed by atoms with van der Waals surface area (Å²) in [5.74, 6) is 1.37. The lowest BCUT2D eigenvalue weighted by Crippen LogP contribution is -2.25. The van der Waals surface area contributed by atoms with E-state index in [1.54, 1.807) is 18.3 Å². The summed E-state index contributed by atoms with van der Waals surface area (Å²) < 4.78 is 13.7. The minimum absolute atomic E-state index is 0.165. The number of nitrogens with zero attached hydrogens (tertiary/aromatic N) is 2. The predicted octanol–water partition coefficient (Wildman–Crippen LogP) is 2.03. The number of hydrogen-bond acceptors (Lipinski definition) is 3. The van der Waals surface area contributed by atoms with Crippen LogP contribution in [0.2, 0.25) is 0 Å². The van der Waals surface area contributed by atoms with E-state index in [2.05, 4.69) is 15.2 Å². The van der Waals surface area contributed by atoms with Crippen molar-refractivity contribution in [1.82, 2.24) is 15.2 Å². The van der Waals surface area contributed by atoms with Crippen molar-refractivity contribution < 1.29 is 4.39 Å². The topological polar surface area (TPSA) is 28.2 Å². The zero-order chi connectivity index (χ0) is 13.5. The van der Waals surface area contributed by atoms with Crippen LogP contribution in [0, 0.1) is 17.7 Å². The first kappa shape index (κ1) is 12.2. The van der Waals surface area contributed by atoms with Crippen LogP contribution in [0.15, 0.2) is 30.5 Å². The van der Waals surface area contributed by atoms with Crippen molar-refractivity contribution in [2.45, 2.75) is 6.54 Å². The molecule has 0 aliphatic carbocycles. The summed E-state index contributed by atoms with van der Waals surface area (Å²) in [7, 11) is 0. The van der Waals surface area contributed by atoms with Crippen LogP contribution in [0.5, 0.6) is 0 Å². The van der Waals surface area contributed by atoms with Crippen molar-refractivity contribution in [3.05, 3.63) is 41.8 Å². The number of fused-ring (bicyclic) bond motifs is 2. The second-order valence-corrected chi connectivity index (χ2v) is 6.01. The molecule has 2 aromatic rings. The van der Waals surface area contributed by atoms with Gasteiger partial charge in [-0.15, -0.1) is 0 Å². The monoisotopic (exact) mass is 271 g/mol. The molecule has 0 radical (unpaired) electrons. The lowest BCUT2D eigenvalue weighted by atomic mass is 10.0. The van der Waals surface area contributed by atoms with Crippen molar-refractivity contribution >= 4 is 10.9 Å². The van der Waals surface area contributed by atoms with Crippen molar-refractivity contribution in [3.8, 4) is 0 Å². The van der Waals surface area contributed by atoms with Crippen LogP contribution >= 0.6 is 0 Å². The van der Waals surface area contributed by atoms with Gasteiger partial charge in [-0.1, -0.05) is 6.07 Å². The third-order valence-electron chi connectivity index (χ3n) is 4.61. The van der Waals surface area contributed by atoms with Gasteiger partial charge in [0.05, 0.1) is 5.52 Å². The highest BCUT2D eigenvalue weighted by Crippen LogP contribution is 2.28. The van der Waals surface area contributed by atoms with Crippen LogP contribution < -0.4 is 5.32 Å². The minimum atomic E-state index is -0.165. The Morgan fingerprint density at radius 2 is 2.05 bits per heavy atom. The Labute approximate surface area is 117 Å². The molecule has 20 heavy (non-hydrogen) atoms. The fourth-order valence-electron chi connectivity index (χ4n) is 3.67. The van der Waals surface area contributed by atoms with E-state index in [4.69, 9.17) is 0 Å². The maximum absolute atomic E-state index is 13.7. The van der Waals surface area contributed by atoms with Crippen molar-refractivity contribution in [1.29, 1.82) is 0 Å². The molecule has 4 rings (SSSR count). The summed E-state index contributed by atoms with van der Waals surface area (Å²) in [6.07, 6.45) is 1.78. The van der Waals surface area contributed by atoms with Gasteiger partial charge in [-0.3, -0.25) is 9.88 Å². The average molecular weight is 271 g/mol. The maximum atomic E-state index is 13.7. The number of aromatic nitrogens is 1. The molecular formula is C16H18FN3. The third kappa shape index (κ3) is 2.09. The Morgan fingerprint density at radius 3 is 2.85 bits per heavy atom. The Balaban J connectivity index is 1.62. The first-order valence-corrected chi connectivity index (χ1v) is 7.26. The highest BCUT2D eigenvalue weighted by Gasteiger charge is 2.35. The smallest absolute Gasteiger partial charge is 0.124 e. The fraction of sp³-hybridized carbons (Fsp3) is 0.438. The highest BCUT2D eigenvalue weighted by molar-refractivity contribution is 5.81. The molecule has 2 aliphatic rings. The molecule has 2 fully saturated rings. The van der Waals surface area contributed by atoms with E-state index < -0.39 is 0 Å². The Morgan fingerprint density at radius 1 is 1.25 bits per heavy atom. The standard InChI is InChI=1S/C16H18FN3/c17-15-4-11-2-1-3-19-16(11)12(5-15)8-20-9-13-6-18-7-14(13)10-20/h1-5,13-14,18H,6-10H2. The molecule has 0 saturated carbocycles. The van der Waals surface area contributed by atoms with E-state index in [1.165, 1.54) is 0 Å². The van der Waals surface area contributed by atoms with Gasteiger partial charge in [0.2, 0.25) is 0 Å². The second-order valence-electron chi connectivity index (χ2n) is 6.01. The molecule has 0 spiro atoms. The normalized spacial score (nSPS) is 26.2. The summed E-state index contributed by atoms with van der Waals surface area (Å²) in [5, 5.41) is 4.34. The average Bonchev–Trinajstić information content (AvgIpc) is 2.99. The van der Waals surface area contributed by atoms with E-state index in [0.29, 0.717) is 0 Å². The molecule has 1 N–H and O–H groups in total. The first-order chi connectivity index (χ1) is 9.79. The lowest BCUT2D eigenvalue weighted by Gasteiger charge is -2.18. The largest absolute Gasteiger partial charge is 0.316 e. The lowest BCUT2D eigenvalue weighted by molar-refractivity contribution is 0.306. The number of rotatable bonds is 2. The third-order valence-corrected chi connectivity index (χ3v) is 4.61. The summed E-state index contributed by atoms with van der Waals surface area (Å²) in [4.78, 5) is 6.87. The predicted molar refractivity (Wildman–Crippen MR) is 76.8 cm³/mol. The molecule has 1 aromatic carbocycles. The van der Waals surface area contributed by atoms with E-state index in [9.17, 15) is 4.39 Å². The van der Waals surface area contributed by atoms with Crippen LogP contribution in [-0.4, -0.2) is 36.1 Å². The van der Waals surface area contributed by atoms with Gasteiger partial charge in [-0.05, 0) is 48.7 Å². The number of hydrogen-bond donors (Lipinski definition) is 1. The van der Waals surface area contributed by atoms with Crippen LogP contribution in [0.25, 0.3) is 10.9 Å². The molecule has 2 unspecified atom stereocenters. The maximum Gasteiger partial charge on any atom is 0.124 e. The zero-order valence-electron chi connectivity index (χ0n) is 11.3. The number of pyridine rings is 1. The van der Waals surface area contributed by atoms with Gasteiger partial charge >= 0.3 is 0 Å². The molecule has 3 heterocycles. The Hall–Kier alpha value is -1.52. The number of likely N-dealkylation sites (tertiary alicyclic amines) is 1. The van der Waals surface area contributed by atoms with Gasteiger partial charge in [0.25, 0.3) is 0 Å². The SMILES string of the molecule is Fc1cc(CN2CC3CNCC3C2)c2ncccc2c1. The molecule has 0 amide bonds. The zero-order valence-corrected chi connectivity index (χ0v) is 11.3. The Kier molecular flexibility index (Phi) is 2.93. The van der Waals surface area contributed by atoms with Crippen LogP contribution in [-0.2, 0) is 6.54 Å². The van der Waals surface area contributed by atoms with Crippen LogP contribution in [0.1, 0.15) is 5.56 Å². The quantitative estimate of drug-likeness (QED) is 0.906. The van der Waals surface area contributed by atoms with Gasteiger partial charge < -0.3 is 5.32 Å². The van der Waals surface area contributed by atoms with Gasteiger partial charge in [-0.2, -0.15) is 0 Å². The van der Waals surface area contributed by atoms with Crippen LogP contribution in [0.4, 0.5) is 4.39 Å². The van der Waals surface area contributed by atoms with Crippen molar-refractivity contribution in [2.24, 2.45) is 11.8 Å². The number of halogens is 1. The molecule has 2 aliphatic heterocycles. The molecule has 104 valence electrons. The van der Waals surface area contributed by atoms with Crippen molar-refractivity contribution in [2.75, 3.05) is 26.2 Å². The highest BCUT2D eigenvalue weighted by atomic mass is 19.1. The Bertz CT molecular complexity index is 631. The summed E-state index contributed by atoms with van der Waals surface area (Å²) in [6, 6.07) is 6.99. The van der Waals surface area contributed by atoms with Gasteiger partial charge in [0.15, 0.2) is 0 Å². The van der Waals surface area contributed by atoms with Gasteiger partial charge in [0, 0.05) is 31.2 Å². The number of nitrogens with one attached hydrogen (secondary N) is 1. The summed E-state index contributed by atoms with van der Waals surface area (Å²) >= 11 is 0. The molecule has 4 heteroatoms.